The molecule has 0 unspecified atom stereocenters. The minimum Gasteiger partial charge on any atom is -0.467 e. The summed E-state index contributed by atoms with van der Waals surface area (Å²) >= 11 is 0. The Labute approximate surface area is 163 Å². The summed E-state index contributed by atoms with van der Waals surface area (Å²) in [7, 11) is 2.66. The first-order valence-corrected chi connectivity index (χ1v) is 9.16. The number of nitrogens with two attached hydrogens (primary N) is 1. The Kier molecular flexibility index (Phi) is 6.15. The normalized spacial score (nSPS) is 19.2. The largest absolute Gasteiger partial charge is 0.467 e. The maximum absolute atomic E-state index is 12.3. The smallest absolute Gasteiger partial charge is 0.411 e. The maximum Gasteiger partial charge on any atom is 0.411 e. The number of ether oxygens (including phenoxy) is 2. The topological polar surface area (TPSA) is 131 Å². The number of imidazole rings is 1. The molecule has 0 aliphatic carbocycles. The first-order valence-electron chi connectivity index (χ1n) is 9.16. The molecule has 1 aliphatic rings. The molecule has 9 nitrogen and oxygen atoms in total. The van der Waals surface area contributed by atoms with Gasteiger partial charge in [0, 0.05) is 16.9 Å². The fourth-order valence-corrected chi connectivity index (χ4v) is 3.24. The van der Waals surface area contributed by atoms with Crippen molar-refractivity contribution < 1.29 is 19.1 Å². The van der Waals surface area contributed by atoms with Crippen LogP contribution in [0.3, 0.4) is 0 Å². The van der Waals surface area contributed by atoms with Crippen LogP contribution in [-0.4, -0.2) is 42.3 Å². The minimum atomic E-state index is -0.576. The van der Waals surface area contributed by atoms with Gasteiger partial charge >= 0.3 is 12.1 Å². The summed E-state index contributed by atoms with van der Waals surface area (Å²) in [5, 5.41) is 5.89. The number of methoxy groups -OCH3 is 2. The molecule has 28 heavy (non-hydrogen) atoms. The van der Waals surface area contributed by atoms with Crippen molar-refractivity contribution in [3.8, 4) is 11.3 Å². The molecule has 150 valence electrons. The van der Waals surface area contributed by atoms with Crippen LogP contribution < -0.4 is 16.4 Å². The average molecular weight is 387 g/mol. The van der Waals surface area contributed by atoms with Crippen molar-refractivity contribution in [1.29, 1.82) is 0 Å². The number of esters is 1. The lowest BCUT2D eigenvalue weighted by Gasteiger charge is -2.21. The Morgan fingerprint density at radius 2 is 2.00 bits per heavy atom. The fourth-order valence-electron chi connectivity index (χ4n) is 3.24. The highest BCUT2D eigenvalue weighted by atomic mass is 16.5. The second kappa shape index (κ2) is 8.75. The molecule has 0 saturated heterocycles. The predicted molar refractivity (Wildman–Crippen MR) is 105 cm³/mol. The molecule has 1 aliphatic heterocycles. The number of aromatic nitrogens is 2. The number of rotatable bonds is 2. The van der Waals surface area contributed by atoms with Gasteiger partial charge in [-0.2, -0.15) is 0 Å². The summed E-state index contributed by atoms with van der Waals surface area (Å²) in [5.74, 6) is 0.381. The first kappa shape index (κ1) is 19.7. The van der Waals surface area contributed by atoms with Crippen LogP contribution in [-0.2, 0) is 14.3 Å². The number of hydrogen-bond acceptors (Lipinski definition) is 7. The van der Waals surface area contributed by atoms with Crippen LogP contribution in [0.5, 0.6) is 0 Å². The van der Waals surface area contributed by atoms with Gasteiger partial charge in [0.05, 0.1) is 32.2 Å². The highest BCUT2D eigenvalue weighted by molar-refractivity contribution is 5.89. The SMILES string of the molecule is COC(=O)Nc1ccc2c(c1)N[C@@H](C(=O)OC)CCCC[C@H](N)c1ncc-2[nH]1. The lowest BCUT2D eigenvalue weighted by molar-refractivity contribution is -0.141. The van der Waals surface area contributed by atoms with Crippen molar-refractivity contribution >= 4 is 23.4 Å². The average Bonchev–Trinajstić information content (AvgIpc) is 3.19. The van der Waals surface area contributed by atoms with E-state index in [1.54, 1.807) is 18.3 Å². The van der Waals surface area contributed by atoms with Crippen molar-refractivity contribution in [2.24, 2.45) is 5.73 Å². The quantitative estimate of drug-likeness (QED) is 0.583. The zero-order valence-corrected chi connectivity index (χ0v) is 16.0. The molecular formula is C19H25N5O4. The third-order valence-electron chi connectivity index (χ3n) is 4.76. The van der Waals surface area contributed by atoms with Gasteiger partial charge in [-0.1, -0.05) is 12.8 Å². The third kappa shape index (κ3) is 4.42. The van der Waals surface area contributed by atoms with Crippen LogP contribution in [0, 0.1) is 0 Å². The minimum absolute atomic E-state index is 0.193. The van der Waals surface area contributed by atoms with E-state index in [1.807, 2.05) is 6.07 Å². The molecule has 0 fully saturated rings. The van der Waals surface area contributed by atoms with Crippen molar-refractivity contribution in [3.63, 3.8) is 0 Å². The second-order valence-electron chi connectivity index (χ2n) is 6.67. The Hall–Kier alpha value is -3.07. The third-order valence-corrected chi connectivity index (χ3v) is 4.76. The number of amides is 1. The van der Waals surface area contributed by atoms with Gasteiger partial charge in [0.25, 0.3) is 0 Å². The molecule has 0 saturated carbocycles. The lowest BCUT2D eigenvalue weighted by atomic mass is 10.0. The van der Waals surface area contributed by atoms with Gasteiger partial charge in [-0.05, 0) is 31.0 Å². The molecule has 2 bridgehead atoms. The summed E-state index contributed by atoms with van der Waals surface area (Å²) < 4.78 is 9.60. The number of H-pyrrole nitrogens is 1. The van der Waals surface area contributed by atoms with Crippen LogP contribution in [0.2, 0.25) is 0 Å². The second-order valence-corrected chi connectivity index (χ2v) is 6.67. The zero-order valence-electron chi connectivity index (χ0n) is 16.0. The van der Waals surface area contributed by atoms with Crippen molar-refractivity contribution in [2.45, 2.75) is 37.8 Å². The Balaban J connectivity index is 2.03. The molecular weight excluding hydrogens is 362 g/mol. The van der Waals surface area contributed by atoms with Gasteiger partial charge in [-0.25, -0.2) is 14.6 Å². The molecule has 3 rings (SSSR count). The van der Waals surface area contributed by atoms with Gasteiger partial charge in [0.2, 0.25) is 0 Å². The van der Waals surface area contributed by atoms with E-state index < -0.39 is 12.1 Å². The van der Waals surface area contributed by atoms with E-state index in [0.29, 0.717) is 17.8 Å². The molecule has 1 aromatic heterocycles. The summed E-state index contributed by atoms with van der Waals surface area (Å²) in [6.07, 6.45) is 4.19. The Bertz CT molecular complexity index is 851. The summed E-state index contributed by atoms with van der Waals surface area (Å²) in [4.78, 5) is 31.5. The summed E-state index contributed by atoms with van der Waals surface area (Å²) in [5.41, 5.74) is 9.00. The molecule has 0 spiro atoms. The van der Waals surface area contributed by atoms with Crippen LogP contribution in [0.1, 0.15) is 37.5 Å². The number of nitrogens with zero attached hydrogens (tertiary/aromatic N) is 1. The summed E-state index contributed by atoms with van der Waals surface area (Å²) in [6, 6.07) is 4.61. The van der Waals surface area contributed by atoms with E-state index in [2.05, 4.69) is 25.3 Å². The molecule has 0 radical (unpaired) electrons. The van der Waals surface area contributed by atoms with Crippen molar-refractivity contribution in [1.82, 2.24) is 9.97 Å². The standard InChI is InChI=1S/C19H25N5O4/c1-27-18(25)14-6-4-3-5-13(20)17-21-10-16(24-17)12-8-7-11(9-15(12)23-14)22-19(26)28-2/h7-10,13-14,23H,3-6,20H2,1-2H3,(H,21,24)(H,22,26)/t13-,14+/m0/s1. The van der Waals surface area contributed by atoms with Gasteiger partial charge in [-0.3, -0.25) is 5.32 Å². The molecule has 1 amide bonds. The monoisotopic (exact) mass is 387 g/mol. The van der Waals surface area contributed by atoms with Crippen LogP contribution >= 0.6 is 0 Å². The molecule has 2 atom stereocenters. The fraction of sp³-hybridized carbons (Fsp3) is 0.421. The number of hydrogen-bond donors (Lipinski definition) is 4. The number of carbonyl (C=O) groups is 2. The number of anilines is 2. The van der Waals surface area contributed by atoms with Crippen LogP contribution in [0.15, 0.2) is 24.4 Å². The van der Waals surface area contributed by atoms with E-state index in [0.717, 1.165) is 36.3 Å². The first-order chi connectivity index (χ1) is 13.5. The van der Waals surface area contributed by atoms with Gasteiger partial charge in [0.15, 0.2) is 0 Å². The number of fused-ring (bicyclic) bond motifs is 4. The number of nitrogens with one attached hydrogen (secondary N) is 3. The zero-order chi connectivity index (χ0) is 20.1. The van der Waals surface area contributed by atoms with E-state index in [4.69, 9.17) is 10.5 Å². The van der Waals surface area contributed by atoms with Gasteiger partial charge < -0.3 is 25.5 Å². The molecule has 2 heterocycles. The van der Waals surface area contributed by atoms with E-state index >= 15 is 0 Å². The number of benzene rings is 1. The van der Waals surface area contributed by atoms with Crippen molar-refractivity contribution in [2.75, 3.05) is 24.9 Å². The van der Waals surface area contributed by atoms with Crippen molar-refractivity contribution in [3.05, 3.63) is 30.2 Å². The molecule has 5 N–H and O–H groups in total. The van der Waals surface area contributed by atoms with Gasteiger partial charge in [0.1, 0.15) is 11.9 Å². The van der Waals surface area contributed by atoms with Crippen LogP contribution in [0.4, 0.5) is 16.2 Å². The highest BCUT2D eigenvalue weighted by Crippen LogP contribution is 2.32. The summed E-state index contributed by atoms with van der Waals surface area (Å²) in [6.45, 7) is 0. The van der Waals surface area contributed by atoms with Gasteiger partial charge in [-0.15, -0.1) is 0 Å². The van der Waals surface area contributed by atoms with Crippen LogP contribution in [0.25, 0.3) is 11.3 Å². The highest BCUT2D eigenvalue weighted by Gasteiger charge is 2.23. The Morgan fingerprint density at radius 3 is 2.75 bits per heavy atom. The number of carbonyl (C=O) groups excluding carboxylic acids is 2. The Morgan fingerprint density at radius 1 is 1.21 bits per heavy atom. The van der Waals surface area contributed by atoms with E-state index in [9.17, 15) is 9.59 Å². The molecule has 2 aromatic rings. The molecule has 1 aromatic carbocycles. The maximum atomic E-state index is 12.3. The number of aromatic amines is 1. The predicted octanol–water partition coefficient (Wildman–Crippen LogP) is 2.78. The van der Waals surface area contributed by atoms with E-state index in [-0.39, 0.29) is 12.0 Å². The molecule has 9 heteroatoms. The van der Waals surface area contributed by atoms with E-state index in [1.165, 1.54) is 14.2 Å². The lowest BCUT2D eigenvalue weighted by Crippen LogP contribution is -2.31.